The van der Waals surface area contributed by atoms with E-state index in [4.69, 9.17) is 27.9 Å². The molecule has 160 valence electrons. The maximum atomic E-state index is 12.7. The summed E-state index contributed by atoms with van der Waals surface area (Å²) in [7, 11) is 1.54. The van der Waals surface area contributed by atoms with Crippen molar-refractivity contribution in [2.45, 2.75) is 32.4 Å². The number of hydrogen-bond acceptors (Lipinski definition) is 4. The molecule has 2 rings (SSSR count). The van der Waals surface area contributed by atoms with Gasteiger partial charge in [-0.3, -0.25) is 9.79 Å². The molecule has 2 aromatic carbocycles. The number of nitrogens with one attached hydrogen (secondary N) is 1. The van der Waals surface area contributed by atoms with Crippen molar-refractivity contribution in [2.75, 3.05) is 19.5 Å². The highest BCUT2D eigenvalue weighted by molar-refractivity contribution is 6.82. The molecule has 0 saturated heterocycles. The summed E-state index contributed by atoms with van der Waals surface area (Å²) < 4.78 is 5.79. The van der Waals surface area contributed by atoms with Crippen molar-refractivity contribution < 1.29 is 9.53 Å². The Bertz CT molecular complexity index is 853. The SMILES string of the molecule is CCCC(OC(=NCCCl)C(Cl)=NC)C(=O)NCc1ccc(-c2ccccc2)cc1. The molecular weight excluding hydrogens is 421 g/mol. The molecule has 1 amide bonds. The number of halogens is 2. The summed E-state index contributed by atoms with van der Waals surface area (Å²) in [6.07, 6.45) is 0.600. The molecule has 2 aromatic rings. The van der Waals surface area contributed by atoms with Crippen molar-refractivity contribution >= 4 is 40.2 Å². The van der Waals surface area contributed by atoms with E-state index in [1.807, 2.05) is 49.4 Å². The number of hydrogen-bond donors (Lipinski definition) is 1. The van der Waals surface area contributed by atoms with E-state index >= 15 is 0 Å². The van der Waals surface area contributed by atoms with E-state index in [1.54, 1.807) is 0 Å². The maximum Gasteiger partial charge on any atom is 0.261 e. The highest BCUT2D eigenvalue weighted by atomic mass is 35.5. The Kier molecular flexibility index (Phi) is 10.4. The number of aliphatic imine (C=N–C) groups is 2. The van der Waals surface area contributed by atoms with Gasteiger partial charge >= 0.3 is 0 Å². The Morgan fingerprint density at radius 2 is 1.77 bits per heavy atom. The smallest absolute Gasteiger partial charge is 0.261 e. The third-order valence-electron chi connectivity index (χ3n) is 4.34. The highest BCUT2D eigenvalue weighted by Crippen LogP contribution is 2.19. The topological polar surface area (TPSA) is 63.1 Å². The van der Waals surface area contributed by atoms with Crippen LogP contribution in [0.4, 0.5) is 0 Å². The molecule has 0 saturated carbocycles. The number of ether oxygens (including phenoxy) is 1. The van der Waals surface area contributed by atoms with Crippen LogP contribution in [0.3, 0.4) is 0 Å². The van der Waals surface area contributed by atoms with Crippen LogP contribution in [0.5, 0.6) is 0 Å². The molecule has 0 heterocycles. The zero-order chi connectivity index (χ0) is 21.8. The van der Waals surface area contributed by atoms with Gasteiger partial charge in [-0.15, -0.1) is 11.6 Å². The van der Waals surface area contributed by atoms with Crippen molar-refractivity contribution in [3.05, 3.63) is 60.2 Å². The van der Waals surface area contributed by atoms with Crippen LogP contribution < -0.4 is 5.32 Å². The quantitative estimate of drug-likeness (QED) is 0.314. The van der Waals surface area contributed by atoms with Gasteiger partial charge in [-0.05, 0) is 23.1 Å². The summed E-state index contributed by atoms with van der Waals surface area (Å²) in [6.45, 7) is 2.72. The van der Waals surface area contributed by atoms with Gasteiger partial charge < -0.3 is 10.1 Å². The summed E-state index contributed by atoms with van der Waals surface area (Å²) in [6, 6.07) is 18.3. The van der Waals surface area contributed by atoms with Gasteiger partial charge in [0.2, 0.25) is 5.90 Å². The second kappa shape index (κ2) is 13.0. The fourth-order valence-corrected chi connectivity index (χ4v) is 2.97. The summed E-state index contributed by atoms with van der Waals surface area (Å²) in [5, 5.41) is 3.05. The van der Waals surface area contributed by atoms with Crippen molar-refractivity contribution in [2.24, 2.45) is 9.98 Å². The first-order chi connectivity index (χ1) is 14.6. The van der Waals surface area contributed by atoms with Crippen molar-refractivity contribution in [1.29, 1.82) is 0 Å². The lowest BCUT2D eigenvalue weighted by molar-refractivity contribution is -0.128. The van der Waals surface area contributed by atoms with E-state index in [1.165, 1.54) is 7.05 Å². The summed E-state index contributed by atoms with van der Waals surface area (Å²) in [5.41, 5.74) is 3.29. The summed E-state index contributed by atoms with van der Waals surface area (Å²) in [5.74, 6) is 0.244. The second-order valence-corrected chi connectivity index (χ2v) is 7.30. The zero-order valence-electron chi connectivity index (χ0n) is 17.3. The number of carbonyl (C=O) groups excluding carboxylic acids is 1. The number of rotatable bonds is 10. The van der Waals surface area contributed by atoms with E-state index in [9.17, 15) is 4.79 Å². The number of benzene rings is 2. The highest BCUT2D eigenvalue weighted by Gasteiger charge is 2.22. The predicted molar refractivity (Wildman–Crippen MR) is 126 cm³/mol. The zero-order valence-corrected chi connectivity index (χ0v) is 18.8. The van der Waals surface area contributed by atoms with Crippen LogP contribution in [0.1, 0.15) is 25.3 Å². The van der Waals surface area contributed by atoms with Gasteiger partial charge in [0.15, 0.2) is 11.3 Å². The van der Waals surface area contributed by atoms with Gasteiger partial charge in [0.25, 0.3) is 5.91 Å². The minimum atomic E-state index is -0.705. The third-order valence-corrected chi connectivity index (χ3v) is 4.84. The Balaban J connectivity index is 2.00. The first-order valence-corrected chi connectivity index (χ1v) is 10.8. The number of amides is 1. The molecule has 0 aliphatic carbocycles. The van der Waals surface area contributed by atoms with Crippen LogP contribution in [-0.2, 0) is 16.1 Å². The molecule has 1 unspecified atom stereocenters. The molecule has 7 heteroatoms. The fourth-order valence-electron chi connectivity index (χ4n) is 2.78. The van der Waals surface area contributed by atoms with Gasteiger partial charge in [0.05, 0.1) is 6.54 Å². The number of alkyl halides is 1. The summed E-state index contributed by atoms with van der Waals surface area (Å²) in [4.78, 5) is 20.8. The predicted octanol–water partition coefficient (Wildman–Crippen LogP) is 5.06. The van der Waals surface area contributed by atoms with E-state index < -0.39 is 6.10 Å². The van der Waals surface area contributed by atoms with Gasteiger partial charge in [-0.1, -0.05) is 79.5 Å². The van der Waals surface area contributed by atoms with Gasteiger partial charge in [0, 0.05) is 19.5 Å². The van der Waals surface area contributed by atoms with Gasteiger partial charge in [-0.2, -0.15) is 0 Å². The van der Waals surface area contributed by atoms with Crippen LogP contribution in [0, 0.1) is 0 Å². The van der Waals surface area contributed by atoms with Crippen LogP contribution in [0.25, 0.3) is 11.1 Å². The van der Waals surface area contributed by atoms with Crippen molar-refractivity contribution in [3.63, 3.8) is 0 Å². The average molecular weight is 448 g/mol. The Hall–Kier alpha value is -2.37. The lowest BCUT2D eigenvalue weighted by Gasteiger charge is -2.19. The van der Waals surface area contributed by atoms with Crippen LogP contribution in [0.2, 0.25) is 0 Å². The molecule has 0 fully saturated rings. The Morgan fingerprint density at radius 1 is 1.10 bits per heavy atom. The molecule has 1 N–H and O–H groups in total. The van der Waals surface area contributed by atoms with Crippen LogP contribution >= 0.6 is 23.2 Å². The van der Waals surface area contributed by atoms with E-state index in [2.05, 4.69) is 27.4 Å². The van der Waals surface area contributed by atoms with Crippen molar-refractivity contribution in [3.8, 4) is 11.1 Å². The van der Waals surface area contributed by atoms with E-state index in [-0.39, 0.29) is 17.0 Å². The second-order valence-electron chi connectivity index (χ2n) is 6.57. The average Bonchev–Trinajstić information content (AvgIpc) is 2.79. The molecule has 5 nitrogen and oxygen atoms in total. The number of nitrogens with zero attached hydrogens (tertiary/aromatic N) is 2. The van der Waals surface area contributed by atoms with Crippen LogP contribution in [0.15, 0.2) is 64.6 Å². The fraction of sp³-hybridized carbons (Fsp3) is 0.348. The Morgan fingerprint density at radius 3 is 2.37 bits per heavy atom. The maximum absolute atomic E-state index is 12.7. The molecule has 0 spiro atoms. The molecule has 0 radical (unpaired) electrons. The molecule has 0 aliphatic heterocycles. The molecule has 1 atom stereocenters. The minimum Gasteiger partial charge on any atom is -0.462 e. The standard InChI is InChI=1S/C23H27Cl2N3O2/c1-3-7-20(30-23(21(25)26-2)27-15-14-24)22(29)28-16-17-10-12-19(13-11-17)18-8-5-4-6-9-18/h4-6,8-13,20H,3,7,14-16H2,1-2H3,(H,28,29). The van der Waals surface area contributed by atoms with Crippen LogP contribution in [-0.4, -0.2) is 42.6 Å². The monoisotopic (exact) mass is 447 g/mol. The van der Waals surface area contributed by atoms with E-state index in [0.717, 1.165) is 23.1 Å². The summed E-state index contributed by atoms with van der Waals surface area (Å²) >= 11 is 11.8. The van der Waals surface area contributed by atoms with E-state index in [0.29, 0.717) is 25.4 Å². The first kappa shape index (κ1) is 23.9. The Labute approximate surface area is 188 Å². The van der Waals surface area contributed by atoms with Crippen molar-refractivity contribution in [1.82, 2.24) is 5.32 Å². The van der Waals surface area contributed by atoms with Gasteiger partial charge in [0.1, 0.15) is 0 Å². The van der Waals surface area contributed by atoms with Gasteiger partial charge in [-0.25, -0.2) is 4.99 Å². The molecule has 0 aliphatic rings. The first-order valence-electron chi connectivity index (χ1n) is 9.90. The third kappa shape index (κ3) is 7.47. The molecule has 0 aromatic heterocycles. The largest absolute Gasteiger partial charge is 0.462 e. The number of carbonyl (C=O) groups is 1. The lowest BCUT2D eigenvalue weighted by atomic mass is 10.0. The minimum absolute atomic E-state index is 0.116. The molecule has 0 bridgehead atoms. The lowest BCUT2D eigenvalue weighted by Crippen LogP contribution is -2.38. The molecular formula is C23H27Cl2N3O2. The molecule has 30 heavy (non-hydrogen) atoms. The normalized spacial score (nSPS) is 13.1.